The third-order valence-corrected chi connectivity index (χ3v) is 1.53. The van der Waals surface area contributed by atoms with Gasteiger partial charge in [-0.1, -0.05) is 0 Å². The van der Waals surface area contributed by atoms with Crippen LogP contribution in [0, 0.1) is 0 Å². The average Bonchev–Trinajstić information content (AvgIpc) is 2.04. The van der Waals surface area contributed by atoms with Crippen molar-refractivity contribution >= 4 is 11.5 Å². The number of hydrogen-bond acceptors (Lipinski definition) is 4. The van der Waals surface area contributed by atoms with Crippen molar-refractivity contribution in [1.82, 2.24) is 4.98 Å². The number of pyridine rings is 1. The molecule has 0 bridgehead atoms. The van der Waals surface area contributed by atoms with Gasteiger partial charge in [0.05, 0.1) is 18.4 Å². The number of ether oxygens (including phenoxy) is 1. The molecule has 1 aliphatic rings. The van der Waals surface area contributed by atoms with Crippen molar-refractivity contribution < 1.29 is 4.74 Å². The Balaban J connectivity index is 2.43. The fourth-order valence-corrected chi connectivity index (χ4v) is 1.03. The number of nitrogens with two attached hydrogens (primary N) is 1. The number of hydrogen-bond donors (Lipinski definition) is 2. The van der Waals surface area contributed by atoms with Gasteiger partial charge in [-0.3, -0.25) is 0 Å². The van der Waals surface area contributed by atoms with Gasteiger partial charge in [0.15, 0.2) is 11.6 Å². The van der Waals surface area contributed by atoms with E-state index >= 15 is 0 Å². The molecule has 2 heterocycles. The Morgan fingerprint density at radius 2 is 2.55 bits per heavy atom. The normalized spacial score (nSPS) is 14.5. The Kier molecular flexibility index (Phi) is 1.31. The molecule has 0 amide bonds. The molecule has 0 spiro atoms. The van der Waals surface area contributed by atoms with E-state index in [-0.39, 0.29) is 0 Å². The maximum Gasteiger partial charge on any atom is 0.169 e. The first kappa shape index (κ1) is 6.27. The van der Waals surface area contributed by atoms with Crippen molar-refractivity contribution in [3.05, 3.63) is 12.3 Å². The second-order valence-corrected chi connectivity index (χ2v) is 2.39. The van der Waals surface area contributed by atoms with Crippen LogP contribution in [0.1, 0.15) is 0 Å². The Labute approximate surface area is 64.4 Å². The molecule has 1 aromatic heterocycles. The minimum atomic E-state index is 0.632. The predicted octanol–water partition coefficient (Wildman–Crippen LogP) is 0.468. The molecule has 0 radical (unpaired) electrons. The topological polar surface area (TPSA) is 60.2 Å². The van der Waals surface area contributed by atoms with Gasteiger partial charge in [0, 0.05) is 6.07 Å². The van der Waals surface area contributed by atoms with E-state index in [1.54, 1.807) is 12.3 Å². The van der Waals surface area contributed by atoms with Crippen LogP contribution in [0.25, 0.3) is 0 Å². The molecular formula is C7H9N3O. The van der Waals surface area contributed by atoms with Gasteiger partial charge in [0.2, 0.25) is 0 Å². The van der Waals surface area contributed by atoms with Gasteiger partial charge in [-0.15, -0.1) is 0 Å². The summed E-state index contributed by atoms with van der Waals surface area (Å²) in [5.41, 5.74) is 6.14. The lowest BCUT2D eigenvalue weighted by molar-refractivity contribution is 0.321. The summed E-state index contributed by atoms with van der Waals surface area (Å²) in [5, 5.41) is 3.10. The zero-order valence-corrected chi connectivity index (χ0v) is 6.00. The molecule has 0 fully saturated rings. The molecule has 1 aliphatic heterocycles. The Hall–Kier alpha value is -1.45. The van der Waals surface area contributed by atoms with Crippen molar-refractivity contribution in [2.75, 3.05) is 24.2 Å². The van der Waals surface area contributed by atoms with Gasteiger partial charge in [-0.25, -0.2) is 4.98 Å². The van der Waals surface area contributed by atoms with E-state index < -0.39 is 0 Å². The minimum absolute atomic E-state index is 0.632. The van der Waals surface area contributed by atoms with E-state index in [2.05, 4.69) is 10.3 Å². The van der Waals surface area contributed by atoms with Gasteiger partial charge in [0.25, 0.3) is 0 Å². The van der Waals surface area contributed by atoms with Gasteiger partial charge in [-0.2, -0.15) is 0 Å². The highest BCUT2D eigenvalue weighted by molar-refractivity contribution is 5.57. The zero-order valence-electron chi connectivity index (χ0n) is 6.00. The Morgan fingerprint density at radius 3 is 3.45 bits per heavy atom. The van der Waals surface area contributed by atoms with Crippen LogP contribution in [0.4, 0.5) is 11.5 Å². The summed E-state index contributed by atoms with van der Waals surface area (Å²) < 4.78 is 5.30. The van der Waals surface area contributed by atoms with E-state index in [0.717, 1.165) is 18.1 Å². The number of nitrogens with zero attached hydrogens (tertiary/aromatic N) is 1. The molecular weight excluding hydrogens is 142 g/mol. The second-order valence-electron chi connectivity index (χ2n) is 2.39. The summed E-state index contributed by atoms with van der Waals surface area (Å²) in [7, 11) is 0. The van der Waals surface area contributed by atoms with Crippen molar-refractivity contribution in [2.24, 2.45) is 0 Å². The molecule has 58 valence electrons. The average molecular weight is 151 g/mol. The molecule has 0 atom stereocenters. The molecule has 4 nitrogen and oxygen atoms in total. The first-order chi connectivity index (χ1) is 5.36. The lowest BCUT2D eigenvalue weighted by Gasteiger charge is -2.17. The summed E-state index contributed by atoms with van der Waals surface area (Å²) in [6.07, 6.45) is 1.61. The lowest BCUT2D eigenvalue weighted by atomic mass is 10.3. The van der Waals surface area contributed by atoms with E-state index in [9.17, 15) is 0 Å². The molecule has 0 saturated heterocycles. The first-order valence-corrected chi connectivity index (χ1v) is 3.48. The summed E-state index contributed by atoms with van der Waals surface area (Å²) in [6, 6.07) is 1.77. The summed E-state index contributed by atoms with van der Waals surface area (Å²) in [4.78, 5) is 4.06. The largest absolute Gasteiger partial charge is 0.488 e. The van der Waals surface area contributed by atoms with Gasteiger partial charge in [-0.05, 0) is 0 Å². The van der Waals surface area contributed by atoms with Gasteiger partial charge in [0.1, 0.15) is 6.61 Å². The number of rotatable bonds is 0. The highest BCUT2D eigenvalue weighted by atomic mass is 16.5. The summed E-state index contributed by atoms with van der Waals surface area (Å²) in [6.45, 7) is 1.49. The van der Waals surface area contributed by atoms with Crippen LogP contribution in [-0.2, 0) is 0 Å². The van der Waals surface area contributed by atoms with E-state index in [4.69, 9.17) is 10.5 Å². The van der Waals surface area contributed by atoms with E-state index in [1.165, 1.54) is 0 Å². The number of aromatic nitrogens is 1. The SMILES string of the molecule is Nc1cnc2c(c1)OCCN2. The third-order valence-electron chi connectivity index (χ3n) is 1.53. The fraction of sp³-hybridized carbons (Fsp3) is 0.286. The molecule has 2 rings (SSSR count). The molecule has 0 unspecified atom stereocenters. The molecule has 3 N–H and O–H groups in total. The van der Waals surface area contributed by atoms with Crippen molar-refractivity contribution in [1.29, 1.82) is 0 Å². The zero-order chi connectivity index (χ0) is 7.68. The van der Waals surface area contributed by atoms with Crippen LogP contribution in [-0.4, -0.2) is 18.1 Å². The smallest absolute Gasteiger partial charge is 0.169 e. The molecule has 0 aliphatic carbocycles. The van der Waals surface area contributed by atoms with Crippen LogP contribution in [0.3, 0.4) is 0 Å². The third kappa shape index (κ3) is 1.07. The standard InChI is InChI=1S/C7H9N3O/c8-5-3-6-7(10-4-5)9-1-2-11-6/h3-4H,1-2,8H2,(H,9,10). The van der Waals surface area contributed by atoms with Crippen molar-refractivity contribution in [3.8, 4) is 5.75 Å². The van der Waals surface area contributed by atoms with Crippen LogP contribution in [0.5, 0.6) is 5.75 Å². The number of nitrogens with one attached hydrogen (secondary N) is 1. The van der Waals surface area contributed by atoms with E-state index in [1.807, 2.05) is 0 Å². The molecule has 4 heteroatoms. The lowest BCUT2D eigenvalue weighted by Crippen LogP contribution is -2.19. The van der Waals surface area contributed by atoms with Gasteiger partial charge < -0.3 is 15.8 Å². The monoisotopic (exact) mass is 151 g/mol. The maximum atomic E-state index is 5.51. The van der Waals surface area contributed by atoms with Crippen LogP contribution < -0.4 is 15.8 Å². The highest BCUT2D eigenvalue weighted by Gasteiger charge is 2.09. The fourth-order valence-electron chi connectivity index (χ4n) is 1.03. The number of fused-ring (bicyclic) bond motifs is 1. The van der Waals surface area contributed by atoms with Crippen LogP contribution in [0.2, 0.25) is 0 Å². The van der Waals surface area contributed by atoms with Crippen LogP contribution >= 0.6 is 0 Å². The van der Waals surface area contributed by atoms with Crippen molar-refractivity contribution in [2.45, 2.75) is 0 Å². The Bertz CT molecular complexity index is 274. The first-order valence-electron chi connectivity index (χ1n) is 3.48. The molecule has 0 saturated carbocycles. The quantitative estimate of drug-likeness (QED) is 0.565. The minimum Gasteiger partial charge on any atom is -0.488 e. The molecule has 1 aromatic rings. The van der Waals surface area contributed by atoms with Crippen molar-refractivity contribution in [3.63, 3.8) is 0 Å². The predicted molar refractivity (Wildman–Crippen MR) is 42.6 cm³/mol. The van der Waals surface area contributed by atoms with E-state index in [0.29, 0.717) is 12.3 Å². The number of nitrogen functional groups attached to an aromatic ring is 1. The van der Waals surface area contributed by atoms with Gasteiger partial charge >= 0.3 is 0 Å². The maximum absolute atomic E-state index is 5.51. The highest BCUT2D eigenvalue weighted by Crippen LogP contribution is 2.25. The second kappa shape index (κ2) is 2.30. The molecule has 0 aromatic carbocycles. The Morgan fingerprint density at radius 1 is 1.64 bits per heavy atom. The van der Waals surface area contributed by atoms with Crippen LogP contribution in [0.15, 0.2) is 12.3 Å². The number of anilines is 2. The summed E-state index contributed by atoms with van der Waals surface area (Å²) in [5.74, 6) is 1.53. The molecule has 11 heavy (non-hydrogen) atoms. The summed E-state index contributed by atoms with van der Waals surface area (Å²) >= 11 is 0.